The zero-order valence-corrected chi connectivity index (χ0v) is 27.5. The Morgan fingerprint density at radius 3 is 1.77 bits per heavy atom. The van der Waals surface area contributed by atoms with Gasteiger partial charge < -0.3 is 31.5 Å². The fourth-order valence-electron chi connectivity index (χ4n) is 9.93. The van der Waals surface area contributed by atoms with Crippen molar-refractivity contribution in [2.75, 3.05) is 0 Å². The minimum Gasteiger partial charge on any atom is -0.656 e. The Morgan fingerprint density at radius 2 is 1.14 bits per heavy atom. The van der Waals surface area contributed by atoms with E-state index in [1.165, 1.54) is 0 Å². The summed E-state index contributed by atoms with van der Waals surface area (Å²) in [6.45, 7) is 17.7. The second kappa shape index (κ2) is 14.5. The fourth-order valence-corrected chi connectivity index (χ4v) is 9.93. The monoisotopic (exact) mass is 638 g/mol. The average molecular weight is 639 g/mol. The molecule has 242 valence electrons. The van der Waals surface area contributed by atoms with E-state index in [2.05, 4.69) is 63.6 Å². The van der Waals surface area contributed by atoms with Crippen LogP contribution in [-0.4, -0.2) is 70.5 Å². The minimum absolute atomic E-state index is 0. The number of nitrogens with zero attached hydrogens (tertiary/aromatic N) is 2. The number of hydrogen-bond donors (Lipinski definition) is 4. The number of hydrogen-bond acceptors (Lipinski definition) is 4. The molecule has 5 fully saturated rings. The number of aliphatic carboxylic acids is 2. The van der Waals surface area contributed by atoms with Crippen molar-refractivity contribution in [2.45, 2.75) is 127 Å². The topological polar surface area (TPSA) is 127 Å². The van der Waals surface area contributed by atoms with Crippen LogP contribution < -0.4 is 10.6 Å². The Labute approximate surface area is 269 Å². The van der Waals surface area contributed by atoms with E-state index in [9.17, 15) is 19.8 Å². The van der Waals surface area contributed by atoms with Crippen LogP contribution in [0.5, 0.6) is 0 Å². The number of carbonyl (C=O) groups is 2. The molecule has 0 aromatic heterocycles. The molecule has 0 aliphatic carbocycles. The van der Waals surface area contributed by atoms with Crippen molar-refractivity contribution >= 4 is 11.9 Å². The summed E-state index contributed by atoms with van der Waals surface area (Å²) in [5.74, 6) is 1.21. The van der Waals surface area contributed by atoms with Crippen LogP contribution in [0.4, 0.5) is 0 Å². The van der Waals surface area contributed by atoms with Gasteiger partial charge in [-0.05, 0) is 42.4 Å². The Morgan fingerprint density at radius 1 is 0.651 bits per heavy atom. The van der Waals surface area contributed by atoms with Gasteiger partial charge in [-0.2, -0.15) is 0 Å². The standard InChI is InChI=1S/C34H54N4O4.Fe/c1-7-21-17(3)25-13-26-19(5)23(9-11-33(39)40)31(37-26)16-32-24(10-12-34(41)42)20(6)28(38-32)15-30-22(8-2)18(4)27(36-30)14-29(21)35-25;/h7-8,17-32,36-37H,1-2,9-16H2,3-6H3,(H,39,40)(H,41,42);/q-2;+2. The molecular formula is C34H54FeN4O4. The van der Waals surface area contributed by atoms with E-state index in [0.29, 0.717) is 60.4 Å². The zero-order valence-electron chi connectivity index (χ0n) is 26.4. The molecule has 5 aliphatic heterocycles. The summed E-state index contributed by atoms with van der Waals surface area (Å²) in [7, 11) is 0. The first-order chi connectivity index (χ1) is 20.0. The number of carboxylic acid groups (broad SMARTS) is 2. The van der Waals surface area contributed by atoms with Crippen molar-refractivity contribution in [2.24, 2.45) is 47.3 Å². The molecular weight excluding hydrogens is 584 g/mol. The minimum atomic E-state index is -0.749. The van der Waals surface area contributed by atoms with Crippen LogP contribution in [-0.2, 0) is 26.7 Å². The van der Waals surface area contributed by atoms with Gasteiger partial charge in [-0.25, -0.2) is 0 Å². The zero-order chi connectivity index (χ0) is 30.3. The van der Waals surface area contributed by atoms with Crippen molar-refractivity contribution in [3.05, 3.63) is 35.9 Å². The third kappa shape index (κ3) is 7.12. The molecule has 8 bridgehead atoms. The Bertz CT molecular complexity index is 1010. The Balaban J connectivity index is 0.00000423. The van der Waals surface area contributed by atoms with Crippen molar-refractivity contribution < 1.29 is 36.9 Å². The average Bonchev–Trinajstić information content (AvgIpc) is 3.59. The first-order valence-corrected chi connectivity index (χ1v) is 16.6. The summed E-state index contributed by atoms with van der Waals surface area (Å²) in [6.07, 6.45) is 9.62. The predicted molar refractivity (Wildman–Crippen MR) is 167 cm³/mol. The van der Waals surface area contributed by atoms with E-state index < -0.39 is 11.9 Å². The van der Waals surface area contributed by atoms with Crippen molar-refractivity contribution in [3.8, 4) is 0 Å². The number of fused-ring (bicyclic) bond motifs is 8. The van der Waals surface area contributed by atoms with Gasteiger partial charge in [0.05, 0.1) is 0 Å². The second-order valence-corrected chi connectivity index (χ2v) is 14.5. The predicted octanol–water partition coefficient (Wildman–Crippen LogP) is 5.60. The number of rotatable bonds is 8. The maximum atomic E-state index is 11.6. The van der Waals surface area contributed by atoms with Crippen LogP contribution in [0, 0.1) is 47.3 Å². The van der Waals surface area contributed by atoms with Crippen LogP contribution >= 0.6 is 0 Å². The molecule has 4 N–H and O–H groups in total. The Hall–Kier alpha value is -1.22. The first kappa shape index (κ1) is 34.6. The summed E-state index contributed by atoms with van der Waals surface area (Å²) < 4.78 is 0. The molecule has 0 aromatic carbocycles. The van der Waals surface area contributed by atoms with Gasteiger partial charge in [0, 0.05) is 37.0 Å². The summed E-state index contributed by atoms with van der Waals surface area (Å²) in [5.41, 5.74) is 0. The third-order valence-electron chi connectivity index (χ3n) is 12.5. The van der Waals surface area contributed by atoms with Gasteiger partial charge in [0.2, 0.25) is 0 Å². The molecule has 5 aliphatic rings. The molecule has 0 saturated carbocycles. The van der Waals surface area contributed by atoms with E-state index in [1.54, 1.807) is 0 Å². The summed E-state index contributed by atoms with van der Waals surface area (Å²) in [6, 6.07) is 1.83. The SMILES string of the molecule is C=CC1C2CC3NC(CC4[N-]C(CC5NC(CC([N-]2)C1C)C(C)C5CCC(=O)O)C(CCC(=O)O)C4C)C(C=C)C3C.[Fe+2]. The second-order valence-electron chi connectivity index (χ2n) is 14.5. The van der Waals surface area contributed by atoms with Crippen LogP contribution in [0.2, 0.25) is 0 Å². The van der Waals surface area contributed by atoms with Crippen LogP contribution in [0.3, 0.4) is 0 Å². The normalized spacial score (nSPS) is 47.5. The fraction of sp³-hybridized carbons (Fsp3) is 0.824. The molecule has 5 heterocycles. The van der Waals surface area contributed by atoms with Gasteiger partial charge in [0.1, 0.15) is 0 Å². The Kier molecular flexibility index (Phi) is 11.7. The maximum absolute atomic E-state index is 11.6. The molecule has 0 amide bonds. The van der Waals surface area contributed by atoms with Gasteiger partial charge in [-0.15, -0.1) is 37.3 Å². The molecule has 0 radical (unpaired) electrons. The van der Waals surface area contributed by atoms with Crippen molar-refractivity contribution in [1.29, 1.82) is 0 Å². The smallest absolute Gasteiger partial charge is 0.656 e. The molecule has 43 heavy (non-hydrogen) atoms. The molecule has 0 aromatic rings. The summed E-state index contributed by atoms with van der Waals surface area (Å²) in [4.78, 5) is 23.3. The van der Waals surface area contributed by atoms with E-state index >= 15 is 0 Å². The number of carboxylic acids is 2. The van der Waals surface area contributed by atoms with Crippen LogP contribution in [0.15, 0.2) is 25.3 Å². The summed E-state index contributed by atoms with van der Waals surface area (Å²) in [5, 5.41) is 38.0. The molecule has 16 unspecified atom stereocenters. The van der Waals surface area contributed by atoms with Crippen LogP contribution in [0.25, 0.3) is 10.6 Å². The molecule has 5 rings (SSSR count). The van der Waals surface area contributed by atoms with Crippen molar-refractivity contribution in [1.82, 2.24) is 10.6 Å². The van der Waals surface area contributed by atoms with E-state index in [4.69, 9.17) is 10.6 Å². The van der Waals surface area contributed by atoms with Crippen molar-refractivity contribution in [3.63, 3.8) is 0 Å². The molecule has 5 saturated heterocycles. The quantitative estimate of drug-likeness (QED) is 0.203. The largest absolute Gasteiger partial charge is 2.00 e. The van der Waals surface area contributed by atoms with Gasteiger partial charge in [-0.3, -0.25) is 9.59 Å². The molecule has 16 atom stereocenters. The third-order valence-corrected chi connectivity index (χ3v) is 12.5. The van der Waals surface area contributed by atoms with Crippen LogP contribution in [0.1, 0.15) is 79.1 Å². The summed E-state index contributed by atoms with van der Waals surface area (Å²) >= 11 is 0. The van der Waals surface area contributed by atoms with E-state index in [-0.39, 0.29) is 78.0 Å². The molecule has 8 nitrogen and oxygen atoms in total. The van der Waals surface area contributed by atoms with E-state index in [1.807, 2.05) is 0 Å². The molecule has 9 heteroatoms. The maximum Gasteiger partial charge on any atom is 2.00 e. The van der Waals surface area contributed by atoms with Gasteiger partial charge in [0.25, 0.3) is 0 Å². The van der Waals surface area contributed by atoms with Gasteiger partial charge in [-0.1, -0.05) is 83.3 Å². The molecule has 0 spiro atoms. The first-order valence-electron chi connectivity index (χ1n) is 16.6. The van der Waals surface area contributed by atoms with Gasteiger partial charge >= 0.3 is 29.0 Å². The van der Waals surface area contributed by atoms with Gasteiger partial charge in [0.15, 0.2) is 0 Å². The number of nitrogens with one attached hydrogen (secondary N) is 2. The van der Waals surface area contributed by atoms with E-state index in [0.717, 1.165) is 25.7 Å².